The standard InChI is InChI=1S/C29H30N2O2S/c1-4-7-24-17-22(12-15-26(24)33-19-23-9-6-8-20(3)16-23)18-27-28(32)31-29(34-27)30-25-13-10-21(5-2)11-14-25/h4,6,8-18,29-30H,1,5,7,19H2,2-3H3,(H,31,32)/b27-18-/t29-/m1/s1. The van der Waals surface area contributed by atoms with Crippen molar-refractivity contribution >= 4 is 29.4 Å². The molecule has 0 unspecified atom stereocenters. The average Bonchev–Trinajstić information content (AvgIpc) is 3.17. The molecule has 1 atom stereocenters. The molecule has 4 rings (SSSR count). The first-order chi connectivity index (χ1) is 16.5. The van der Waals surface area contributed by atoms with Crippen molar-refractivity contribution in [2.24, 2.45) is 0 Å². The van der Waals surface area contributed by atoms with Crippen LogP contribution in [0.1, 0.15) is 34.7 Å². The molecule has 1 aliphatic rings. The smallest absolute Gasteiger partial charge is 0.260 e. The van der Waals surface area contributed by atoms with Crippen molar-refractivity contribution in [3.05, 3.63) is 112 Å². The van der Waals surface area contributed by atoms with Crippen LogP contribution in [0, 0.1) is 6.92 Å². The normalized spacial score (nSPS) is 16.4. The van der Waals surface area contributed by atoms with Crippen LogP contribution >= 0.6 is 11.8 Å². The molecule has 1 aliphatic heterocycles. The Morgan fingerprint density at radius 3 is 2.65 bits per heavy atom. The highest BCUT2D eigenvalue weighted by molar-refractivity contribution is 8.05. The van der Waals surface area contributed by atoms with Crippen molar-refractivity contribution in [2.45, 2.75) is 38.8 Å². The van der Waals surface area contributed by atoms with E-state index in [0.717, 1.165) is 34.5 Å². The van der Waals surface area contributed by atoms with Gasteiger partial charge in [0.2, 0.25) is 0 Å². The number of thioether (sulfide) groups is 1. The number of hydrogen-bond acceptors (Lipinski definition) is 4. The summed E-state index contributed by atoms with van der Waals surface area (Å²) in [6.45, 7) is 8.61. The molecular weight excluding hydrogens is 440 g/mol. The Labute approximate surface area is 206 Å². The van der Waals surface area contributed by atoms with Crippen LogP contribution in [0.5, 0.6) is 5.75 Å². The van der Waals surface area contributed by atoms with Gasteiger partial charge in [0.05, 0.1) is 4.91 Å². The minimum atomic E-state index is -0.198. The summed E-state index contributed by atoms with van der Waals surface area (Å²) in [5, 5.41) is 6.37. The maximum absolute atomic E-state index is 12.6. The van der Waals surface area contributed by atoms with Gasteiger partial charge >= 0.3 is 0 Å². The van der Waals surface area contributed by atoms with Crippen molar-refractivity contribution in [3.63, 3.8) is 0 Å². The van der Waals surface area contributed by atoms with Crippen LogP contribution in [-0.4, -0.2) is 11.4 Å². The maximum Gasteiger partial charge on any atom is 0.260 e. The Morgan fingerprint density at radius 1 is 1.09 bits per heavy atom. The van der Waals surface area contributed by atoms with E-state index in [0.29, 0.717) is 17.9 Å². The van der Waals surface area contributed by atoms with Crippen LogP contribution in [0.4, 0.5) is 5.69 Å². The zero-order valence-corrected chi connectivity index (χ0v) is 20.5. The predicted octanol–water partition coefficient (Wildman–Crippen LogP) is 6.46. The zero-order valence-electron chi connectivity index (χ0n) is 19.6. The quantitative estimate of drug-likeness (QED) is 0.278. The fourth-order valence-corrected chi connectivity index (χ4v) is 4.80. The molecule has 3 aromatic rings. The first-order valence-corrected chi connectivity index (χ1v) is 12.4. The molecule has 0 radical (unpaired) electrons. The summed E-state index contributed by atoms with van der Waals surface area (Å²) in [6, 6.07) is 22.6. The van der Waals surface area contributed by atoms with Crippen LogP contribution in [0.25, 0.3) is 6.08 Å². The summed E-state index contributed by atoms with van der Waals surface area (Å²) >= 11 is 1.49. The van der Waals surface area contributed by atoms with Crippen molar-refractivity contribution in [3.8, 4) is 5.75 Å². The predicted molar refractivity (Wildman–Crippen MR) is 143 cm³/mol. The van der Waals surface area contributed by atoms with Crippen LogP contribution in [0.2, 0.25) is 0 Å². The monoisotopic (exact) mass is 470 g/mol. The summed E-state index contributed by atoms with van der Waals surface area (Å²) in [4.78, 5) is 13.2. The number of rotatable bonds is 9. The number of amides is 1. The van der Waals surface area contributed by atoms with Crippen molar-refractivity contribution in [2.75, 3.05) is 5.32 Å². The Kier molecular flexibility index (Phi) is 7.76. The van der Waals surface area contributed by atoms with Gasteiger partial charge < -0.3 is 15.4 Å². The highest BCUT2D eigenvalue weighted by Crippen LogP contribution is 2.31. The number of hydrogen-bond donors (Lipinski definition) is 2. The van der Waals surface area contributed by atoms with E-state index >= 15 is 0 Å². The molecule has 0 saturated carbocycles. The van der Waals surface area contributed by atoms with Crippen LogP contribution < -0.4 is 15.4 Å². The molecule has 5 heteroatoms. The minimum absolute atomic E-state index is 0.0716. The molecule has 1 heterocycles. The lowest BCUT2D eigenvalue weighted by Crippen LogP contribution is -2.30. The molecule has 1 amide bonds. The van der Waals surface area contributed by atoms with E-state index in [2.05, 4.69) is 67.5 Å². The van der Waals surface area contributed by atoms with Gasteiger partial charge in [-0.05, 0) is 72.4 Å². The number of allylic oxidation sites excluding steroid dienone is 1. The van der Waals surface area contributed by atoms with Gasteiger partial charge in [-0.25, -0.2) is 0 Å². The van der Waals surface area contributed by atoms with Gasteiger partial charge in [-0.3, -0.25) is 4.79 Å². The first kappa shape index (κ1) is 23.7. The van der Waals surface area contributed by atoms with Gasteiger partial charge in [0, 0.05) is 5.69 Å². The third kappa shape index (κ3) is 6.12. The van der Waals surface area contributed by atoms with Gasteiger partial charge in [-0.15, -0.1) is 6.58 Å². The Balaban J connectivity index is 1.45. The van der Waals surface area contributed by atoms with Gasteiger partial charge in [-0.2, -0.15) is 0 Å². The molecule has 1 fully saturated rings. The number of carbonyl (C=O) groups excluding carboxylic acids is 1. The Morgan fingerprint density at radius 2 is 1.91 bits per heavy atom. The third-order valence-electron chi connectivity index (χ3n) is 5.61. The summed E-state index contributed by atoms with van der Waals surface area (Å²) in [5.41, 5.74) is 6.44. The summed E-state index contributed by atoms with van der Waals surface area (Å²) < 4.78 is 6.11. The zero-order chi connectivity index (χ0) is 23.9. The number of ether oxygens (including phenoxy) is 1. The van der Waals surface area contributed by atoms with Crippen molar-refractivity contribution < 1.29 is 9.53 Å². The molecular formula is C29H30N2O2S. The van der Waals surface area contributed by atoms with Gasteiger partial charge in [0.15, 0.2) is 5.50 Å². The van der Waals surface area contributed by atoms with E-state index in [4.69, 9.17) is 4.74 Å². The molecule has 3 aromatic carbocycles. The molecule has 0 bridgehead atoms. The maximum atomic E-state index is 12.6. The molecule has 1 saturated heterocycles. The lowest BCUT2D eigenvalue weighted by molar-refractivity contribution is -0.116. The van der Waals surface area contributed by atoms with Gasteiger partial charge in [0.25, 0.3) is 5.91 Å². The molecule has 34 heavy (non-hydrogen) atoms. The van der Waals surface area contributed by atoms with E-state index in [1.165, 1.54) is 22.9 Å². The minimum Gasteiger partial charge on any atom is -0.489 e. The lowest BCUT2D eigenvalue weighted by Gasteiger charge is -2.13. The first-order valence-electron chi connectivity index (χ1n) is 11.5. The van der Waals surface area contributed by atoms with E-state index in [-0.39, 0.29) is 11.4 Å². The van der Waals surface area contributed by atoms with E-state index in [1.54, 1.807) is 0 Å². The molecule has 174 valence electrons. The summed E-state index contributed by atoms with van der Waals surface area (Å²) in [7, 11) is 0. The van der Waals surface area contributed by atoms with Crippen molar-refractivity contribution in [1.82, 2.24) is 5.32 Å². The van der Waals surface area contributed by atoms with Gasteiger partial charge in [0.1, 0.15) is 12.4 Å². The summed E-state index contributed by atoms with van der Waals surface area (Å²) in [6.07, 6.45) is 5.49. The number of benzene rings is 3. The number of carbonyl (C=O) groups is 1. The third-order valence-corrected chi connectivity index (χ3v) is 6.64. The van der Waals surface area contributed by atoms with Crippen LogP contribution in [0.15, 0.2) is 84.3 Å². The van der Waals surface area contributed by atoms with Gasteiger partial charge in [-0.1, -0.05) is 72.8 Å². The highest BCUT2D eigenvalue weighted by atomic mass is 32.2. The molecule has 4 nitrogen and oxygen atoms in total. The van der Waals surface area contributed by atoms with Crippen molar-refractivity contribution in [1.29, 1.82) is 0 Å². The largest absolute Gasteiger partial charge is 0.489 e. The molecule has 0 aliphatic carbocycles. The fourth-order valence-electron chi connectivity index (χ4n) is 3.81. The SMILES string of the molecule is C=CCc1cc(/C=C2\S[C@H](Nc3ccc(CC)cc3)NC2=O)ccc1OCc1cccc(C)c1. The Hall–Kier alpha value is -3.44. The average molecular weight is 471 g/mol. The number of nitrogens with one attached hydrogen (secondary N) is 2. The topological polar surface area (TPSA) is 50.4 Å². The molecule has 0 spiro atoms. The van der Waals surface area contributed by atoms with E-state index < -0.39 is 0 Å². The Bertz CT molecular complexity index is 1200. The van der Waals surface area contributed by atoms with Crippen LogP contribution in [-0.2, 0) is 24.2 Å². The second-order valence-electron chi connectivity index (χ2n) is 8.31. The fraction of sp³-hybridized carbons (Fsp3) is 0.207. The van der Waals surface area contributed by atoms with E-state index in [1.807, 2.05) is 42.5 Å². The van der Waals surface area contributed by atoms with Crippen LogP contribution in [0.3, 0.4) is 0 Å². The molecule has 2 N–H and O–H groups in total. The highest BCUT2D eigenvalue weighted by Gasteiger charge is 2.27. The van der Waals surface area contributed by atoms with E-state index in [9.17, 15) is 4.79 Å². The number of aryl methyl sites for hydroxylation is 2. The second-order valence-corrected chi connectivity index (χ2v) is 9.46. The second kappa shape index (κ2) is 11.1. The lowest BCUT2D eigenvalue weighted by atomic mass is 10.1. The molecule has 0 aromatic heterocycles. The summed E-state index contributed by atoms with van der Waals surface area (Å²) in [5.74, 6) is 0.764. The number of anilines is 1.